The first-order valence-electron chi connectivity index (χ1n) is 9.39. The summed E-state index contributed by atoms with van der Waals surface area (Å²) in [7, 11) is 0. The van der Waals surface area contributed by atoms with Crippen molar-refractivity contribution in [2.24, 2.45) is 0 Å². The summed E-state index contributed by atoms with van der Waals surface area (Å²) in [6.07, 6.45) is 7.82. The minimum atomic E-state index is -0.258. The second kappa shape index (κ2) is 7.42. The SMILES string of the molecule is Fc1ccc2c(c1CNc1ncc(OCCn3cccc3)c3nncn13)CCO2. The Labute approximate surface area is 165 Å². The molecule has 9 heteroatoms. The molecule has 1 aliphatic heterocycles. The van der Waals surface area contributed by atoms with Gasteiger partial charge in [-0.2, -0.15) is 0 Å². The fraction of sp³-hybridized carbons (Fsp3) is 0.250. The van der Waals surface area contributed by atoms with Gasteiger partial charge in [0.25, 0.3) is 0 Å². The summed E-state index contributed by atoms with van der Waals surface area (Å²) in [5, 5.41) is 11.3. The summed E-state index contributed by atoms with van der Waals surface area (Å²) >= 11 is 0. The van der Waals surface area contributed by atoms with Gasteiger partial charge in [0.1, 0.15) is 24.5 Å². The molecule has 4 aromatic rings. The van der Waals surface area contributed by atoms with Crippen LogP contribution in [0.5, 0.6) is 11.5 Å². The van der Waals surface area contributed by atoms with E-state index in [1.165, 1.54) is 6.07 Å². The standard InChI is InChI=1S/C20H19FN6O2/c21-16-3-4-17-14(5-9-28-17)15(16)11-22-20-23-12-18(19-25-24-13-27(19)20)29-10-8-26-6-1-2-7-26/h1-4,6-7,12-13H,5,8-11H2,(H,22,23). The second-order valence-electron chi connectivity index (χ2n) is 6.69. The molecule has 8 nitrogen and oxygen atoms in total. The molecule has 0 atom stereocenters. The van der Waals surface area contributed by atoms with Crippen molar-refractivity contribution in [3.63, 3.8) is 0 Å². The number of anilines is 1. The van der Waals surface area contributed by atoms with Crippen molar-refractivity contribution in [1.82, 2.24) is 24.1 Å². The van der Waals surface area contributed by atoms with Crippen LogP contribution in [0.25, 0.3) is 5.65 Å². The van der Waals surface area contributed by atoms with Crippen LogP contribution >= 0.6 is 0 Å². The number of aromatic nitrogens is 5. The monoisotopic (exact) mass is 394 g/mol. The lowest BCUT2D eigenvalue weighted by molar-refractivity contribution is 0.299. The number of nitrogens with zero attached hydrogens (tertiary/aromatic N) is 5. The van der Waals surface area contributed by atoms with Gasteiger partial charge in [-0.15, -0.1) is 10.2 Å². The van der Waals surface area contributed by atoms with E-state index in [9.17, 15) is 4.39 Å². The predicted octanol–water partition coefficient (Wildman–Crippen LogP) is 2.69. The zero-order valence-electron chi connectivity index (χ0n) is 15.6. The molecule has 0 saturated heterocycles. The summed E-state index contributed by atoms with van der Waals surface area (Å²) < 4.78 is 29.4. The molecule has 1 aliphatic rings. The Morgan fingerprint density at radius 1 is 1.24 bits per heavy atom. The average Bonchev–Trinajstić information content (AvgIpc) is 3.49. The van der Waals surface area contributed by atoms with Crippen molar-refractivity contribution in [2.75, 3.05) is 18.5 Å². The maximum atomic E-state index is 14.4. The smallest absolute Gasteiger partial charge is 0.210 e. The topological polar surface area (TPSA) is 78.5 Å². The highest BCUT2D eigenvalue weighted by atomic mass is 19.1. The van der Waals surface area contributed by atoms with Crippen LogP contribution in [0.3, 0.4) is 0 Å². The summed E-state index contributed by atoms with van der Waals surface area (Å²) in [6, 6.07) is 7.05. The largest absolute Gasteiger partial charge is 0.493 e. The van der Waals surface area contributed by atoms with E-state index in [2.05, 4.69) is 20.5 Å². The summed E-state index contributed by atoms with van der Waals surface area (Å²) in [6.45, 7) is 2.06. The van der Waals surface area contributed by atoms with Gasteiger partial charge in [-0.3, -0.25) is 0 Å². The van der Waals surface area contributed by atoms with Crippen molar-refractivity contribution in [2.45, 2.75) is 19.5 Å². The van der Waals surface area contributed by atoms with Crippen molar-refractivity contribution in [1.29, 1.82) is 0 Å². The third-order valence-electron chi connectivity index (χ3n) is 4.94. The number of rotatable bonds is 7. The molecule has 4 heterocycles. The van der Waals surface area contributed by atoms with Crippen LogP contribution < -0.4 is 14.8 Å². The molecule has 1 N–H and O–H groups in total. The van der Waals surface area contributed by atoms with E-state index in [0.717, 1.165) is 11.3 Å². The van der Waals surface area contributed by atoms with Gasteiger partial charge in [-0.05, 0) is 24.3 Å². The zero-order valence-corrected chi connectivity index (χ0v) is 15.6. The first-order valence-corrected chi connectivity index (χ1v) is 9.39. The normalized spacial score (nSPS) is 12.7. The van der Waals surface area contributed by atoms with Gasteiger partial charge in [0, 0.05) is 36.5 Å². The van der Waals surface area contributed by atoms with E-state index in [-0.39, 0.29) is 12.4 Å². The van der Waals surface area contributed by atoms with E-state index in [0.29, 0.717) is 49.1 Å². The van der Waals surface area contributed by atoms with Crippen LogP contribution in [0.4, 0.5) is 10.3 Å². The Morgan fingerprint density at radius 2 is 2.14 bits per heavy atom. The van der Waals surface area contributed by atoms with Gasteiger partial charge in [-0.25, -0.2) is 13.8 Å². The van der Waals surface area contributed by atoms with Crippen molar-refractivity contribution in [3.05, 3.63) is 66.1 Å². The fourth-order valence-corrected chi connectivity index (χ4v) is 3.48. The second-order valence-corrected chi connectivity index (χ2v) is 6.69. The first kappa shape index (κ1) is 17.5. The maximum absolute atomic E-state index is 14.4. The molecule has 0 fully saturated rings. The van der Waals surface area contributed by atoms with Gasteiger partial charge in [0.15, 0.2) is 5.75 Å². The van der Waals surface area contributed by atoms with E-state index < -0.39 is 0 Å². The Kier molecular flexibility index (Phi) is 4.47. The summed E-state index contributed by atoms with van der Waals surface area (Å²) in [5.74, 6) is 1.54. The van der Waals surface area contributed by atoms with E-state index in [4.69, 9.17) is 9.47 Å². The molecule has 1 aromatic carbocycles. The quantitative estimate of drug-likeness (QED) is 0.519. The molecule has 0 aliphatic carbocycles. The number of halogens is 1. The molecular formula is C20H19FN6O2. The summed E-state index contributed by atoms with van der Waals surface area (Å²) in [5.41, 5.74) is 2.05. The van der Waals surface area contributed by atoms with Crippen LogP contribution in [0.2, 0.25) is 0 Å². The van der Waals surface area contributed by atoms with Crippen molar-refractivity contribution < 1.29 is 13.9 Å². The van der Waals surface area contributed by atoms with E-state index >= 15 is 0 Å². The van der Waals surface area contributed by atoms with Crippen molar-refractivity contribution in [3.8, 4) is 11.5 Å². The molecule has 29 heavy (non-hydrogen) atoms. The number of ether oxygens (including phenoxy) is 2. The predicted molar refractivity (Wildman–Crippen MR) is 104 cm³/mol. The number of fused-ring (bicyclic) bond motifs is 2. The molecule has 0 spiro atoms. The Balaban J connectivity index is 1.33. The lowest BCUT2D eigenvalue weighted by Crippen LogP contribution is -2.11. The molecule has 5 rings (SSSR count). The lowest BCUT2D eigenvalue weighted by Gasteiger charge is -2.13. The van der Waals surface area contributed by atoms with Crippen molar-refractivity contribution >= 4 is 11.6 Å². The van der Waals surface area contributed by atoms with Crippen LogP contribution in [-0.4, -0.2) is 37.4 Å². The van der Waals surface area contributed by atoms with Crippen LogP contribution in [-0.2, 0) is 19.5 Å². The summed E-state index contributed by atoms with van der Waals surface area (Å²) in [4.78, 5) is 4.42. The minimum absolute atomic E-state index is 0.258. The lowest BCUT2D eigenvalue weighted by atomic mass is 10.0. The molecule has 0 radical (unpaired) electrons. The molecule has 0 unspecified atom stereocenters. The van der Waals surface area contributed by atoms with Gasteiger partial charge < -0.3 is 19.4 Å². The Hall–Kier alpha value is -3.62. The number of hydrogen-bond donors (Lipinski definition) is 1. The van der Waals surface area contributed by atoms with Crippen LogP contribution in [0.1, 0.15) is 11.1 Å². The highest BCUT2D eigenvalue weighted by Gasteiger charge is 2.20. The van der Waals surface area contributed by atoms with E-state index in [1.807, 2.05) is 29.1 Å². The molecule has 3 aromatic heterocycles. The van der Waals surface area contributed by atoms with E-state index in [1.54, 1.807) is 23.0 Å². The molecule has 0 saturated carbocycles. The van der Waals surface area contributed by atoms with Crippen LogP contribution in [0.15, 0.2) is 49.2 Å². The highest BCUT2D eigenvalue weighted by molar-refractivity contribution is 5.56. The zero-order chi connectivity index (χ0) is 19.6. The highest BCUT2D eigenvalue weighted by Crippen LogP contribution is 2.30. The molecule has 148 valence electrons. The minimum Gasteiger partial charge on any atom is -0.493 e. The average molecular weight is 394 g/mol. The Bertz CT molecular complexity index is 1140. The number of nitrogens with one attached hydrogen (secondary N) is 1. The van der Waals surface area contributed by atoms with Gasteiger partial charge in [0.05, 0.1) is 19.3 Å². The van der Waals surface area contributed by atoms with Crippen LogP contribution in [0, 0.1) is 5.82 Å². The molecule has 0 amide bonds. The number of benzene rings is 1. The maximum Gasteiger partial charge on any atom is 0.210 e. The third-order valence-corrected chi connectivity index (χ3v) is 4.94. The first-order chi connectivity index (χ1) is 14.3. The number of hydrogen-bond acceptors (Lipinski definition) is 6. The Morgan fingerprint density at radius 3 is 3.03 bits per heavy atom. The third kappa shape index (κ3) is 3.35. The van der Waals surface area contributed by atoms with Gasteiger partial charge in [0.2, 0.25) is 11.6 Å². The van der Waals surface area contributed by atoms with Gasteiger partial charge in [-0.1, -0.05) is 0 Å². The molecule has 0 bridgehead atoms. The van der Waals surface area contributed by atoms with Gasteiger partial charge >= 0.3 is 0 Å². The fourth-order valence-electron chi connectivity index (χ4n) is 3.48. The molecular weight excluding hydrogens is 375 g/mol.